The number of halogens is 1. The van der Waals surface area contributed by atoms with Crippen LogP contribution in [0.15, 0.2) is 88.9 Å². The first-order valence-electron chi connectivity index (χ1n) is 11.3. The molecule has 0 bridgehead atoms. The molecule has 0 radical (unpaired) electrons. The SMILES string of the molecule is O=c1c(CN2CCN(S(=O)(=O)c3ccccc3)CC2)c[n+](Cc2ccc(Cl)nc2)c2ccccn12. The maximum Gasteiger partial charge on any atom is 0.346 e. The van der Waals surface area contributed by atoms with E-state index in [4.69, 9.17) is 11.6 Å². The number of hydrogen-bond acceptors (Lipinski definition) is 5. The first-order valence-corrected chi connectivity index (χ1v) is 13.1. The van der Waals surface area contributed by atoms with Crippen molar-refractivity contribution in [2.24, 2.45) is 0 Å². The Morgan fingerprint density at radius 2 is 1.69 bits per heavy atom. The Labute approximate surface area is 208 Å². The molecule has 1 aromatic carbocycles. The van der Waals surface area contributed by atoms with Crippen LogP contribution in [-0.2, 0) is 23.1 Å². The average molecular weight is 511 g/mol. The molecular formula is C25H25ClN5O3S+. The number of nitrogens with zero attached hydrogens (tertiary/aromatic N) is 5. The van der Waals surface area contributed by atoms with Crippen LogP contribution in [0.2, 0.25) is 5.15 Å². The highest BCUT2D eigenvalue weighted by Crippen LogP contribution is 2.18. The normalized spacial score (nSPS) is 15.5. The Balaban J connectivity index is 1.36. The lowest BCUT2D eigenvalue weighted by Gasteiger charge is -2.33. The lowest BCUT2D eigenvalue weighted by atomic mass is 10.2. The van der Waals surface area contributed by atoms with Gasteiger partial charge in [0.1, 0.15) is 17.9 Å². The van der Waals surface area contributed by atoms with E-state index < -0.39 is 10.0 Å². The largest absolute Gasteiger partial charge is 0.346 e. The van der Waals surface area contributed by atoms with Gasteiger partial charge in [-0.15, -0.1) is 0 Å². The van der Waals surface area contributed by atoms with Gasteiger partial charge in [0.05, 0.1) is 16.7 Å². The summed E-state index contributed by atoms with van der Waals surface area (Å²) in [7, 11) is -3.52. The molecule has 1 saturated heterocycles. The molecule has 0 saturated carbocycles. The van der Waals surface area contributed by atoms with Gasteiger partial charge < -0.3 is 0 Å². The van der Waals surface area contributed by atoms with Crippen molar-refractivity contribution in [3.8, 4) is 0 Å². The van der Waals surface area contributed by atoms with Gasteiger partial charge >= 0.3 is 5.56 Å². The monoisotopic (exact) mass is 510 g/mol. The van der Waals surface area contributed by atoms with E-state index in [1.165, 1.54) is 4.31 Å². The van der Waals surface area contributed by atoms with Crippen molar-refractivity contribution in [2.45, 2.75) is 18.0 Å². The number of hydrogen-bond donors (Lipinski definition) is 0. The fourth-order valence-electron chi connectivity index (χ4n) is 4.35. The van der Waals surface area contributed by atoms with Crippen LogP contribution >= 0.6 is 11.6 Å². The average Bonchev–Trinajstić information content (AvgIpc) is 2.89. The highest BCUT2D eigenvalue weighted by Gasteiger charge is 2.29. The zero-order valence-electron chi connectivity index (χ0n) is 19.0. The molecule has 8 nitrogen and oxygen atoms in total. The van der Waals surface area contributed by atoms with Crippen molar-refractivity contribution < 1.29 is 13.0 Å². The van der Waals surface area contributed by atoms with Crippen molar-refractivity contribution >= 4 is 27.3 Å². The Morgan fingerprint density at radius 1 is 0.943 bits per heavy atom. The standard InChI is InChI=1S/C25H25ClN5O3S/c26-23-10-9-20(16-27-23)17-29-19-21(25(32)31-11-5-4-8-24(29)31)18-28-12-14-30(15-13-28)35(33,34)22-6-2-1-3-7-22/h1-11,16,19H,12-15,17-18H2/q+1. The fraction of sp³-hybridized carbons (Fsp3) is 0.240. The van der Waals surface area contributed by atoms with E-state index in [-0.39, 0.29) is 5.56 Å². The van der Waals surface area contributed by atoms with Crippen LogP contribution in [0.4, 0.5) is 0 Å². The van der Waals surface area contributed by atoms with Gasteiger partial charge in [0.15, 0.2) is 0 Å². The van der Waals surface area contributed by atoms with Gasteiger partial charge in [0.2, 0.25) is 10.0 Å². The zero-order chi connectivity index (χ0) is 24.4. The number of rotatable bonds is 6. The summed E-state index contributed by atoms with van der Waals surface area (Å²) in [4.78, 5) is 19.8. The lowest BCUT2D eigenvalue weighted by molar-refractivity contribution is -0.666. The molecule has 4 heterocycles. The molecule has 0 spiro atoms. The quantitative estimate of drug-likeness (QED) is 0.293. The zero-order valence-corrected chi connectivity index (χ0v) is 20.6. The van der Waals surface area contributed by atoms with Gasteiger partial charge in [-0.3, -0.25) is 4.90 Å². The molecule has 4 aromatic rings. The van der Waals surface area contributed by atoms with Crippen molar-refractivity contribution in [1.82, 2.24) is 18.6 Å². The topological polar surface area (TPSA) is 78.9 Å². The first-order chi connectivity index (χ1) is 16.9. The van der Waals surface area contributed by atoms with Gasteiger partial charge in [0.25, 0.3) is 5.65 Å². The van der Waals surface area contributed by atoms with E-state index in [2.05, 4.69) is 9.88 Å². The van der Waals surface area contributed by atoms with Gasteiger partial charge in [0, 0.05) is 50.6 Å². The summed E-state index contributed by atoms with van der Waals surface area (Å²) in [6.45, 7) is 2.82. The highest BCUT2D eigenvalue weighted by atomic mass is 35.5. The lowest BCUT2D eigenvalue weighted by Crippen LogP contribution is -2.49. The highest BCUT2D eigenvalue weighted by molar-refractivity contribution is 7.89. The first kappa shape index (κ1) is 23.6. The predicted octanol–water partition coefficient (Wildman–Crippen LogP) is 2.19. The van der Waals surface area contributed by atoms with E-state index in [9.17, 15) is 13.2 Å². The predicted molar refractivity (Wildman–Crippen MR) is 133 cm³/mol. The molecule has 1 aliphatic heterocycles. The summed E-state index contributed by atoms with van der Waals surface area (Å²) >= 11 is 5.93. The van der Waals surface area contributed by atoms with Crippen LogP contribution in [0.5, 0.6) is 0 Å². The van der Waals surface area contributed by atoms with E-state index in [0.29, 0.717) is 54.9 Å². The van der Waals surface area contributed by atoms with Crippen molar-refractivity contribution in [3.63, 3.8) is 0 Å². The van der Waals surface area contributed by atoms with Crippen LogP contribution < -0.4 is 10.1 Å². The second-order valence-corrected chi connectivity index (χ2v) is 10.8. The summed E-state index contributed by atoms with van der Waals surface area (Å²) in [6.07, 6.45) is 5.38. The molecule has 1 fully saturated rings. The molecule has 3 aromatic heterocycles. The fourth-order valence-corrected chi connectivity index (χ4v) is 5.90. The molecule has 35 heavy (non-hydrogen) atoms. The van der Waals surface area contributed by atoms with Gasteiger partial charge in [-0.05, 0) is 24.3 Å². The Hall–Kier alpha value is -3.11. The van der Waals surface area contributed by atoms with Crippen LogP contribution in [0, 0.1) is 0 Å². The minimum atomic E-state index is -3.52. The molecule has 0 atom stereocenters. The minimum Gasteiger partial charge on any atom is -0.296 e. The smallest absolute Gasteiger partial charge is 0.296 e. The maximum absolute atomic E-state index is 13.2. The molecule has 10 heteroatoms. The van der Waals surface area contributed by atoms with Gasteiger partial charge in [-0.25, -0.2) is 22.8 Å². The van der Waals surface area contributed by atoms with Crippen molar-refractivity contribution in [2.75, 3.05) is 26.2 Å². The molecule has 5 rings (SSSR count). The molecule has 0 aliphatic carbocycles. The minimum absolute atomic E-state index is 0.0783. The maximum atomic E-state index is 13.2. The van der Waals surface area contributed by atoms with Crippen LogP contribution in [0.25, 0.3) is 5.65 Å². The summed E-state index contributed by atoms with van der Waals surface area (Å²) in [5.74, 6) is 0. The number of benzene rings is 1. The molecule has 1 aliphatic rings. The Kier molecular flexibility index (Phi) is 6.66. The van der Waals surface area contributed by atoms with E-state index in [1.54, 1.807) is 53.2 Å². The van der Waals surface area contributed by atoms with Gasteiger partial charge in [-0.1, -0.05) is 41.9 Å². The number of pyridine rings is 2. The number of aromatic nitrogens is 3. The molecular weight excluding hydrogens is 486 g/mol. The van der Waals surface area contributed by atoms with E-state index >= 15 is 0 Å². The summed E-state index contributed by atoms with van der Waals surface area (Å²) in [5.41, 5.74) is 2.31. The van der Waals surface area contributed by atoms with Crippen molar-refractivity contribution in [3.05, 3.63) is 106 Å². The van der Waals surface area contributed by atoms with Crippen LogP contribution in [-0.4, -0.2) is 53.2 Å². The number of fused-ring (bicyclic) bond motifs is 1. The molecule has 0 unspecified atom stereocenters. The third kappa shape index (κ3) is 4.99. The molecule has 0 N–H and O–H groups in total. The number of sulfonamides is 1. The summed E-state index contributed by atoms with van der Waals surface area (Å²) in [6, 6.07) is 17.8. The van der Waals surface area contributed by atoms with E-state index in [0.717, 1.165) is 11.2 Å². The third-order valence-corrected chi connectivity index (χ3v) is 8.32. The Morgan fingerprint density at radius 3 is 2.40 bits per heavy atom. The number of piperazine rings is 1. The summed E-state index contributed by atoms with van der Waals surface area (Å²) < 4.78 is 31.0. The third-order valence-electron chi connectivity index (χ3n) is 6.19. The second kappa shape index (κ2) is 9.87. The van der Waals surface area contributed by atoms with Crippen molar-refractivity contribution in [1.29, 1.82) is 0 Å². The second-order valence-electron chi connectivity index (χ2n) is 8.50. The van der Waals surface area contributed by atoms with E-state index in [1.807, 2.05) is 35.0 Å². The van der Waals surface area contributed by atoms with Gasteiger partial charge in [-0.2, -0.15) is 8.71 Å². The summed E-state index contributed by atoms with van der Waals surface area (Å²) in [5, 5.41) is 0.432. The molecule has 0 amide bonds. The Bertz CT molecular complexity index is 1500. The van der Waals surface area contributed by atoms with Crippen LogP contribution in [0.3, 0.4) is 0 Å². The molecule has 180 valence electrons. The van der Waals surface area contributed by atoms with Crippen LogP contribution in [0.1, 0.15) is 11.1 Å².